The molecule has 0 fully saturated rings. The van der Waals surface area contributed by atoms with Crippen LogP contribution in [0.1, 0.15) is 24.3 Å². The van der Waals surface area contributed by atoms with Crippen molar-refractivity contribution in [3.05, 3.63) is 33.6 Å². The number of hydrogen-bond donors (Lipinski definition) is 2. The molecule has 0 aliphatic rings. The summed E-state index contributed by atoms with van der Waals surface area (Å²) in [6, 6.07) is 2.40. The Bertz CT molecular complexity index is 568. The van der Waals surface area contributed by atoms with Crippen molar-refractivity contribution in [3.8, 4) is 6.07 Å². The third-order valence-corrected chi connectivity index (χ3v) is 2.36. The lowest BCUT2D eigenvalue weighted by Gasteiger charge is -2.16. The number of nitriles is 1. The molecule has 1 heterocycles. The molecule has 0 radical (unpaired) electrons. The fourth-order valence-electron chi connectivity index (χ4n) is 1.39. The summed E-state index contributed by atoms with van der Waals surface area (Å²) < 4.78 is 4.51. The van der Waals surface area contributed by atoms with Crippen LogP contribution in [0.2, 0.25) is 0 Å². The SMILES string of the molecule is CCOC(=O)C(O)C(O)c1cnc(C#N)c([N+](=O)[O-])c1. The van der Waals surface area contributed by atoms with Crippen molar-refractivity contribution in [1.29, 1.82) is 5.26 Å². The smallest absolute Gasteiger partial charge is 0.338 e. The van der Waals surface area contributed by atoms with Gasteiger partial charge in [-0.3, -0.25) is 10.1 Å². The number of carbonyl (C=O) groups is 1. The highest BCUT2D eigenvalue weighted by molar-refractivity contribution is 5.75. The van der Waals surface area contributed by atoms with Crippen molar-refractivity contribution in [2.75, 3.05) is 6.61 Å². The van der Waals surface area contributed by atoms with E-state index in [0.29, 0.717) is 0 Å². The summed E-state index contributed by atoms with van der Waals surface area (Å²) in [6.07, 6.45) is -2.67. The summed E-state index contributed by atoms with van der Waals surface area (Å²) in [4.78, 5) is 24.7. The molecule has 2 unspecified atom stereocenters. The molecule has 2 atom stereocenters. The number of carbonyl (C=O) groups excluding carboxylic acids is 1. The largest absolute Gasteiger partial charge is 0.464 e. The first-order chi connectivity index (χ1) is 9.42. The van der Waals surface area contributed by atoms with Gasteiger partial charge >= 0.3 is 11.7 Å². The van der Waals surface area contributed by atoms with Crippen LogP contribution in [0, 0.1) is 21.4 Å². The van der Waals surface area contributed by atoms with Crippen molar-refractivity contribution >= 4 is 11.7 Å². The highest BCUT2D eigenvalue weighted by Gasteiger charge is 2.29. The summed E-state index contributed by atoms with van der Waals surface area (Å²) >= 11 is 0. The molecule has 0 bridgehead atoms. The van der Waals surface area contributed by atoms with Crippen LogP contribution < -0.4 is 0 Å². The van der Waals surface area contributed by atoms with Crippen LogP contribution in [0.5, 0.6) is 0 Å². The van der Waals surface area contributed by atoms with E-state index in [-0.39, 0.29) is 12.2 Å². The van der Waals surface area contributed by atoms with Gasteiger partial charge in [-0.2, -0.15) is 5.26 Å². The number of nitrogens with zero attached hydrogens (tertiary/aromatic N) is 3. The average molecular weight is 281 g/mol. The molecule has 0 saturated carbocycles. The van der Waals surface area contributed by atoms with E-state index in [0.717, 1.165) is 12.3 Å². The first kappa shape index (κ1) is 15.5. The Labute approximate surface area is 113 Å². The number of aliphatic hydroxyl groups is 2. The van der Waals surface area contributed by atoms with Gasteiger partial charge in [0, 0.05) is 17.8 Å². The minimum Gasteiger partial charge on any atom is -0.464 e. The highest BCUT2D eigenvalue weighted by Crippen LogP contribution is 2.23. The maximum absolute atomic E-state index is 11.3. The normalized spacial score (nSPS) is 13.1. The van der Waals surface area contributed by atoms with E-state index in [1.54, 1.807) is 0 Å². The van der Waals surface area contributed by atoms with Gasteiger partial charge in [-0.25, -0.2) is 9.78 Å². The lowest BCUT2D eigenvalue weighted by Crippen LogP contribution is -2.30. The van der Waals surface area contributed by atoms with Gasteiger partial charge < -0.3 is 14.9 Å². The third kappa shape index (κ3) is 3.25. The zero-order valence-corrected chi connectivity index (χ0v) is 10.4. The molecule has 9 nitrogen and oxygen atoms in total. The fourth-order valence-corrected chi connectivity index (χ4v) is 1.39. The van der Waals surface area contributed by atoms with Crippen LogP contribution in [0.25, 0.3) is 0 Å². The molecular weight excluding hydrogens is 270 g/mol. The number of nitro groups is 1. The molecule has 0 saturated heterocycles. The second kappa shape index (κ2) is 6.55. The van der Waals surface area contributed by atoms with Gasteiger partial charge in [0.25, 0.3) is 0 Å². The minimum absolute atomic E-state index is 0.00831. The van der Waals surface area contributed by atoms with Gasteiger partial charge in [-0.15, -0.1) is 0 Å². The van der Waals surface area contributed by atoms with E-state index in [1.165, 1.54) is 13.0 Å². The van der Waals surface area contributed by atoms with E-state index in [1.807, 2.05) is 0 Å². The number of pyridine rings is 1. The zero-order valence-electron chi connectivity index (χ0n) is 10.4. The van der Waals surface area contributed by atoms with E-state index in [2.05, 4.69) is 9.72 Å². The van der Waals surface area contributed by atoms with Gasteiger partial charge in [-0.1, -0.05) is 0 Å². The van der Waals surface area contributed by atoms with Gasteiger partial charge in [0.2, 0.25) is 5.69 Å². The molecule has 2 N–H and O–H groups in total. The molecule has 0 spiro atoms. The van der Waals surface area contributed by atoms with Gasteiger partial charge in [-0.05, 0) is 6.92 Å². The summed E-state index contributed by atoms with van der Waals surface area (Å²) in [5, 5.41) is 38.7. The van der Waals surface area contributed by atoms with Crippen LogP contribution >= 0.6 is 0 Å². The molecule has 0 aromatic carbocycles. The summed E-state index contributed by atoms with van der Waals surface area (Å²) in [5.41, 5.74) is -1.23. The first-order valence-corrected chi connectivity index (χ1v) is 5.49. The summed E-state index contributed by atoms with van der Waals surface area (Å²) in [6.45, 7) is 1.53. The van der Waals surface area contributed by atoms with Gasteiger partial charge in [0.15, 0.2) is 6.10 Å². The Morgan fingerprint density at radius 3 is 2.80 bits per heavy atom. The highest BCUT2D eigenvalue weighted by atomic mass is 16.6. The maximum Gasteiger partial charge on any atom is 0.338 e. The Morgan fingerprint density at radius 2 is 2.30 bits per heavy atom. The van der Waals surface area contributed by atoms with Crippen LogP contribution in [0.15, 0.2) is 12.3 Å². The van der Waals surface area contributed by atoms with Crippen molar-refractivity contribution in [2.45, 2.75) is 19.1 Å². The second-order valence-corrected chi connectivity index (χ2v) is 3.65. The number of aromatic nitrogens is 1. The standard InChI is InChI=1S/C11H11N3O6/c1-2-20-11(17)10(16)9(15)6-3-8(14(18)19)7(4-12)13-5-6/h3,5,9-10,15-16H,2H2,1H3. The van der Waals surface area contributed by atoms with Crippen LogP contribution in [0.3, 0.4) is 0 Å². The molecule has 0 aliphatic carbocycles. The van der Waals surface area contributed by atoms with Crippen LogP contribution in [-0.4, -0.2) is 38.8 Å². The zero-order chi connectivity index (χ0) is 15.3. The van der Waals surface area contributed by atoms with E-state index in [4.69, 9.17) is 5.26 Å². The average Bonchev–Trinajstić information content (AvgIpc) is 2.45. The number of hydrogen-bond acceptors (Lipinski definition) is 8. The monoisotopic (exact) mass is 281 g/mol. The molecule has 1 aromatic heterocycles. The summed E-state index contributed by atoms with van der Waals surface area (Å²) in [5.74, 6) is -1.06. The Hall–Kier alpha value is -2.57. The number of rotatable bonds is 5. The first-order valence-electron chi connectivity index (χ1n) is 5.49. The Kier molecular flexibility index (Phi) is 5.08. The molecule has 1 rings (SSSR count). The lowest BCUT2D eigenvalue weighted by atomic mass is 10.1. The predicted molar refractivity (Wildman–Crippen MR) is 63.2 cm³/mol. The minimum atomic E-state index is -1.90. The topological polar surface area (TPSA) is 147 Å². The molecule has 0 amide bonds. The molecule has 0 aliphatic heterocycles. The molecule has 9 heteroatoms. The van der Waals surface area contributed by atoms with Crippen molar-refractivity contribution in [2.24, 2.45) is 0 Å². The molecular formula is C11H11N3O6. The van der Waals surface area contributed by atoms with E-state index in [9.17, 15) is 25.1 Å². The second-order valence-electron chi connectivity index (χ2n) is 3.65. The van der Waals surface area contributed by atoms with E-state index >= 15 is 0 Å². The lowest BCUT2D eigenvalue weighted by molar-refractivity contribution is -0.385. The van der Waals surface area contributed by atoms with Gasteiger partial charge in [0.05, 0.1) is 11.5 Å². The number of esters is 1. The molecule has 20 heavy (non-hydrogen) atoms. The quantitative estimate of drug-likeness (QED) is 0.429. The van der Waals surface area contributed by atoms with Crippen LogP contribution in [0.4, 0.5) is 5.69 Å². The van der Waals surface area contributed by atoms with Gasteiger partial charge in [0.1, 0.15) is 12.2 Å². The number of ether oxygens (including phenoxy) is 1. The Morgan fingerprint density at radius 1 is 1.65 bits per heavy atom. The van der Waals surface area contributed by atoms with Crippen molar-refractivity contribution in [3.63, 3.8) is 0 Å². The molecule has 1 aromatic rings. The predicted octanol–water partition coefficient (Wildman–Crippen LogP) is -0.181. The van der Waals surface area contributed by atoms with Crippen LogP contribution in [-0.2, 0) is 9.53 Å². The van der Waals surface area contributed by atoms with Crippen molar-refractivity contribution in [1.82, 2.24) is 4.98 Å². The third-order valence-electron chi connectivity index (χ3n) is 2.36. The summed E-state index contributed by atoms with van der Waals surface area (Å²) in [7, 11) is 0. The fraction of sp³-hybridized carbons (Fsp3) is 0.364. The number of aliphatic hydroxyl groups excluding tert-OH is 2. The van der Waals surface area contributed by atoms with E-state index < -0.39 is 34.5 Å². The van der Waals surface area contributed by atoms with Crippen molar-refractivity contribution < 1.29 is 24.7 Å². The molecule has 106 valence electrons. The maximum atomic E-state index is 11.3. The Balaban J connectivity index is 3.08.